The highest BCUT2D eigenvalue weighted by atomic mass is 15.3. The van der Waals surface area contributed by atoms with Crippen molar-refractivity contribution < 1.29 is 0 Å². The molecule has 2 heterocycles. The van der Waals surface area contributed by atoms with E-state index in [0.717, 1.165) is 26.2 Å². The molecule has 0 spiro atoms. The number of likely N-dealkylation sites (N-methyl/N-ethyl adjacent to an activating group) is 1. The van der Waals surface area contributed by atoms with E-state index < -0.39 is 0 Å². The summed E-state index contributed by atoms with van der Waals surface area (Å²) in [4.78, 5) is 10.3. The van der Waals surface area contributed by atoms with Crippen LogP contribution in [-0.2, 0) is 5.41 Å². The first-order valence-electron chi connectivity index (χ1n) is 9.80. The van der Waals surface area contributed by atoms with Crippen LogP contribution in [0.5, 0.6) is 0 Å². The Morgan fingerprint density at radius 1 is 1.04 bits per heavy atom. The van der Waals surface area contributed by atoms with Gasteiger partial charge >= 0.3 is 0 Å². The summed E-state index contributed by atoms with van der Waals surface area (Å²) in [5.74, 6) is 0.652. The molecule has 1 aromatic carbocycles. The van der Waals surface area contributed by atoms with Gasteiger partial charge in [0, 0.05) is 42.5 Å². The van der Waals surface area contributed by atoms with Crippen molar-refractivity contribution in [3.8, 4) is 0 Å². The number of rotatable bonds is 1. The first-order chi connectivity index (χ1) is 11.9. The predicted octanol–water partition coefficient (Wildman–Crippen LogP) is 4.16. The maximum atomic E-state index is 5.24. The van der Waals surface area contributed by atoms with Gasteiger partial charge in [-0.1, -0.05) is 39.0 Å². The van der Waals surface area contributed by atoms with E-state index in [2.05, 4.69) is 61.9 Å². The molecule has 2 unspecified atom stereocenters. The number of para-hydroxylation sites is 1. The molecule has 1 aromatic heterocycles. The molecule has 2 aliphatic carbocycles. The second-order valence-electron chi connectivity index (χ2n) is 9.18. The van der Waals surface area contributed by atoms with E-state index in [9.17, 15) is 0 Å². The van der Waals surface area contributed by atoms with Crippen LogP contribution in [0, 0.1) is 5.41 Å². The molecular formula is C22H29N3. The third-order valence-corrected chi connectivity index (χ3v) is 7.82. The molecule has 3 nitrogen and oxygen atoms in total. The summed E-state index contributed by atoms with van der Waals surface area (Å²) in [6, 6.07) is 8.81. The molecule has 0 radical (unpaired) electrons. The van der Waals surface area contributed by atoms with E-state index in [-0.39, 0.29) is 5.41 Å². The average molecular weight is 335 g/mol. The van der Waals surface area contributed by atoms with E-state index in [1.54, 1.807) is 5.56 Å². The molecule has 25 heavy (non-hydrogen) atoms. The lowest BCUT2D eigenvalue weighted by Gasteiger charge is -2.37. The summed E-state index contributed by atoms with van der Waals surface area (Å²) in [5, 5.41) is 1.36. The largest absolute Gasteiger partial charge is 0.368 e. The Bertz CT molecular complexity index is 848. The fraction of sp³-hybridized carbons (Fsp3) is 0.591. The number of hydrogen-bond donors (Lipinski definition) is 0. The maximum Gasteiger partial charge on any atom is 0.0726 e. The number of aromatic nitrogens is 1. The van der Waals surface area contributed by atoms with Crippen LogP contribution in [0.1, 0.15) is 50.8 Å². The van der Waals surface area contributed by atoms with Crippen molar-refractivity contribution in [1.29, 1.82) is 0 Å². The van der Waals surface area contributed by atoms with Gasteiger partial charge in [0.2, 0.25) is 0 Å². The fourth-order valence-electron chi connectivity index (χ4n) is 5.76. The maximum absolute atomic E-state index is 5.24. The van der Waals surface area contributed by atoms with E-state index in [1.807, 2.05) is 0 Å². The summed E-state index contributed by atoms with van der Waals surface area (Å²) in [6.07, 6.45) is 2.60. The van der Waals surface area contributed by atoms with E-state index >= 15 is 0 Å². The van der Waals surface area contributed by atoms with Gasteiger partial charge < -0.3 is 9.80 Å². The summed E-state index contributed by atoms with van der Waals surface area (Å²) in [5.41, 5.74) is 6.21. The standard InChI is InChI=1S/C22H29N3/c1-21(2)16-9-10-22(21,3)20-18(16)19(25-13-11-24(4)12-14-25)15-7-5-6-8-17(15)23-20/h5-8,16H,9-14H2,1-4H3. The Morgan fingerprint density at radius 3 is 2.52 bits per heavy atom. The van der Waals surface area contributed by atoms with Crippen LogP contribution in [0.2, 0.25) is 0 Å². The number of benzene rings is 1. The minimum Gasteiger partial charge on any atom is -0.368 e. The van der Waals surface area contributed by atoms with Crippen molar-refractivity contribution >= 4 is 16.6 Å². The van der Waals surface area contributed by atoms with Crippen LogP contribution in [-0.4, -0.2) is 43.1 Å². The number of fused-ring (bicyclic) bond motifs is 6. The van der Waals surface area contributed by atoms with Gasteiger partial charge in [0.05, 0.1) is 16.9 Å². The second-order valence-corrected chi connectivity index (χ2v) is 9.18. The quantitative estimate of drug-likeness (QED) is 0.780. The first-order valence-corrected chi connectivity index (χ1v) is 9.80. The summed E-state index contributed by atoms with van der Waals surface area (Å²) in [6.45, 7) is 12.0. The molecule has 3 heteroatoms. The summed E-state index contributed by atoms with van der Waals surface area (Å²) < 4.78 is 0. The number of anilines is 1. The zero-order valence-electron chi connectivity index (χ0n) is 16.0. The highest BCUT2D eigenvalue weighted by Gasteiger charge is 2.61. The molecular weight excluding hydrogens is 306 g/mol. The highest BCUT2D eigenvalue weighted by Crippen LogP contribution is 2.69. The molecule has 3 aliphatic rings. The number of hydrogen-bond acceptors (Lipinski definition) is 3. The Morgan fingerprint density at radius 2 is 1.76 bits per heavy atom. The van der Waals surface area contributed by atoms with Crippen LogP contribution in [0.15, 0.2) is 24.3 Å². The Hall–Kier alpha value is -1.61. The smallest absolute Gasteiger partial charge is 0.0726 e. The topological polar surface area (TPSA) is 19.4 Å². The van der Waals surface area contributed by atoms with Crippen LogP contribution in [0.25, 0.3) is 10.9 Å². The lowest BCUT2D eigenvalue weighted by atomic mass is 9.70. The van der Waals surface area contributed by atoms with Crippen LogP contribution in [0.3, 0.4) is 0 Å². The van der Waals surface area contributed by atoms with Crippen LogP contribution in [0.4, 0.5) is 5.69 Å². The average Bonchev–Trinajstić information content (AvgIpc) is 2.93. The third kappa shape index (κ3) is 1.88. The normalized spacial score (nSPS) is 30.9. The zero-order valence-corrected chi connectivity index (χ0v) is 16.0. The summed E-state index contributed by atoms with van der Waals surface area (Å²) >= 11 is 0. The van der Waals surface area contributed by atoms with Gasteiger partial charge in [0.15, 0.2) is 0 Å². The molecule has 5 rings (SSSR count). The SMILES string of the molecule is CN1CCN(c2c3c(nc4ccccc24)C2(C)CCC3C2(C)C)CC1. The Balaban J connectivity index is 1.79. The van der Waals surface area contributed by atoms with Gasteiger partial charge in [-0.2, -0.15) is 0 Å². The molecule has 1 aliphatic heterocycles. The van der Waals surface area contributed by atoms with E-state index in [0.29, 0.717) is 11.3 Å². The highest BCUT2D eigenvalue weighted by molar-refractivity contribution is 5.95. The third-order valence-electron chi connectivity index (χ3n) is 7.82. The fourth-order valence-corrected chi connectivity index (χ4v) is 5.76. The second kappa shape index (κ2) is 4.97. The molecule has 2 fully saturated rings. The predicted molar refractivity (Wildman–Crippen MR) is 105 cm³/mol. The van der Waals surface area contributed by atoms with Crippen LogP contribution < -0.4 is 4.90 Å². The van der Waals surface area contributed by atoms with Gasteiger partial charge in [-0.25, -0.2) is 0 Å². The molecule has 1 saturated carbocycles. The lowest BCUT2D eigenvalue weighted by molar-refractivity contribution is 0.227. The molecule has 2 aromatic rings. The van der Waals surface area contributed by atoms with Gasteiger partial charge in [0.1, 0.15) is 0 Å². The van der Waals surface area contributed by atoms with Crippen molar-refractivity contribution in [3.63, 3.8) is 0 Å². The molecule has 132 valence electrons. The monoisotopic (exact) mass is 335 g/mol. The summed E-state index contributed by atoms with van der Waals surface area (Å²) in [7, 11) is 2.23. The van der Waals surface area contributed by atoms with E-state index in [4.69, 9.17) is 4.98 Å². The first kappa shape index (κ1) is 15.6. The molecule has 1 saturated heterocycles. The van der Waals surface area contributed by atoms with E-state index in [1.165, 1.54) is 35.1 Å². The Labute approximate surface area is 151 Å². The minimum absolute atomic E-state index is 0.221. The number of piperazine rings is 1. The molecule has 2 atom stereocenters. The van der Waals surface area contributed by atoms with Crippen molar-refractivity contribution in [1.82, 2.24) is 9.88 Å². The van der Waals surface area contributed by atoms with Crippen molar-refractivity contribution in [2.45, 2.75) is 44.9 Å². The van der Waals surface area contributed by atoms with Gasteiger partial charge in [-0.3, -0.25) is 4.98 Å². The lowest BCUT2D eigenvalue weighted by Crippen LogP contribution is -2.45. The number of pyridine rings is 1. The van der Waals surface area contributed by atoms with Crippen molar-refractivity contribution in [2.24, 2.45) is 5.41 Å². The molecule has 0 N–H and O–H groups in total. The Kier molecular flexibility index (Phi) is 3.11. The number of nitrogens with zero attached hydrogens (tertiary/aromatic N) is 3. The van der Waals surface area contributed by atoms with Crippen molar-refractivity contribution in [2.75, 3.05) is 38.1 Å². The van der Waals surface area contributed by atoms with Crippen molar-refractivity contribution in [3.05, 3.63) is 35.5 Å². The zero-order chi connectivity index (χ0) is 17.4. The van der Waals surface area contributed by atoms with Gasteiger partial charge in [-0.15, -0.1) is 0 Å². The van der Waals surface area contributed by atoms with Crippen LogP contribution >= 0.6 is 0 Å². The van der Waals surface area contributed by atoms with Gasteiger partial charge in [-0.05, 0) is 37.3 Å². The van der Waals surface area contributed by atoms with Gasteiger partial charge in [0.25, 0.3) is 0 Å². The molecule has 2 bridgehead atoms. The molecule has 0 amide bonds. The minimum atomic E-state index is 0.221.